The van der Waals surface area contributed by atoms with Gasteiger partial charge in [0.05, 0.1) is 12.8 Å². The quantitative estimate of drug-likeness (QED) is 0.610. The predicted molar refractivity (Wildman–Crippen MR) is 102 cm³/mol. The van der Waals surface area contributed by atoms with Crippen LogP contribution in [0.5, 0.6) is 11.5 Å². The van der Waals surface area contributed by atoms with Gasteiger partial charge in [-0.3, -0.25) is 4.79 Å². The van der Waals surface area contributed by atoms with Crippen molar-refractivity contribution in [2.45, 2.75) is 20.0 Å². The molecule has 0 spiro atoms. The lowest BCUT2D eigenvalue weighted by atomic mass is 10.1. The van der Waals surface area contributed by atoms with Gasteiger partial charge in [0.15, 0.2) is 11.5 Å². The van der Waals surface area contributed by atoms with Crippen LogP contribution < -0.4 is 14.8 Å². The second-order valence-corrected chi connectivity index (χ2v) is 6.26. The number of rotatable bonds is 8. The van der Waals surface area contributed by atoms with E-state index in [1.54, 1.807) is 6.26 Å². The van der Waals surface area contributed by atoms with Crippen LogP contribution in [0.25, 0.3) is 11.5 Å². The largest absolute Gasteiger partial charge is 0.493 e. The fourth-order valence-electron chi connectivity index (χ4n) is 2.66. The summed E-state index contributed by atoms with van der Waals surface area (Å²) in [5.74, 6) is 0.0716. The van der Waals surface area contributed by atoms with Crippen LogP contribution in [0.3, 0.4) is 0 Å². The van der Waals surface area contributed by atoms with Crippen LogP contribution in [0.15, 0.2) is 53.1 Å². The van der Waals surface area contributed by atoms with Gasteiger partial charge in [-0.05, 0) is 37.3 Å². The lowest BCUT2D eigenvalue weighted by molar-refractivity contribution is -0.0512. The number of aryl methyl sites for hydroxylation is 1. The van der Waals surface area contributed by atoms with Crippen molar-refractivity contribution in [3.05, 3.63) is 65.5 Å². The number of hydrogen-bond acceptors (Lipinski definition) is 5. The van der Waals surface area contributed by atoms with Gasteiger partial charge in [-0.25, -0.2) is 4.98 Å². The van der Waals surface area contributed by atoms with Gasteiger partial charge in [0.1, 0.15) is 6.26 Å². The van der Waals surface area contributed by atoms with Gasteiger partial charge < -0.3 is 19.2 Å². The third kappa shape index (κ3) is 5.31. The minimum atomic E-state index is -2.98. The maximum atomic E-state index is 12.4. The van der Waals surface area contributed by atoms with E-state index in [1.165, 1.54) is 25.3 Å². The second-order valence-electron chi connectivity index (χ2n) is 6.26. The number of benzene rings is 2. The molecule has 0 fully saturated rings. The molecule has 152 valence electrons. The number of amides is 1. The highest BCUT2D eigenvalue weighted by molar-refractivity contribution is 5.94. The van der Waals surface area contributed by atoms with Crippen LogP contribution in [-0.2, 0) is 6.42 Å². The Morgan fingerprint density at radius 2 is 1.93 bits per heavy atom. The minimum absolute atomic E-state index is 0.0530. The van der Waals surface area contributed by atoms with E-state index in [9.17, 15) is 13.6 Å². The second kappa shape index (κ2) is 9.18. The molecule has 1 aromatic heterocycles. The summed E-state index contributed by atoms with van der Waals surface area (Å²) in [6.07, 6.45) is 2.03. The molecule has 0 saturated carbocycles. The standard InChI is InChI=1S/C21H20F2N2O4/c1-13-3-5-14(6-4-13)20-25-16(12-28-20)9-10-24-19(26)15-7-8-17(29-21(22)23)18(11-15)27-2/h3-8,11-12,21H,9-10H2,1-2H3,(H,24,26). The molecule has 0 aliphatic rings. The first-order valence-electron chi connectivity index (χ1n) is 8.88. The molecule has 3 rings (SSSR count). The van der Waals surface area contributed by atoms with E-state index in [0.29, 0.717) is 24.6 Å². The molecule has 6 nitrogen and oxygen atoms in total. The monoisotopic (exact) mass is 402 g/mol. The number of methoxy groups -OCH3 is 1. The van der Waals surface area contributed by atoms with Gasteiger partial charge in [0.2, 0.25) is 5.89 Å². The molecule has 0 aliphatic heterocycles. The summed E-state index contributed by atoms with van der Waals surface area (Å²) in [6, 6.07) is 11.8. The molecule has 1 heterocycles. The molecule has 1 N–H and O–H groups in total. The van der Waals surface area contributed by atoms with E-state index < -0.39 is 6.61 Å². The van der Waals surface area contributed by atoms with E-state index >= 15 is 0 Å². The Morgan fingerprint density at radius 3 is 2.62 bits per heavy atom. The van der Waals surface area contributed by atoms with E-state index in [4.69, 9.17) is 9.15 Å². The molecule has 0 bridgehead atoms. The van der Waals surface area contributed by atoms with Crippen molar-refractivity contribution in [2.24, 2.45) is 0 Å². The summed E-state index contributed by atoms with van der Waals surface area (Å²) < 4.78 is 39.6. The van der Waals surface area contributed by atoms with Gasteiger partial charge in [0, 0.05) is 24.1 Å². The van der Waals surface area contributed by atoms with Gasteiger partial charge in [-0.2, -0.15) is 8.78 Å². The van der Waals surface area contributed by atoms with Crippen molar-refractivity contribution in [1.82, 2.24) is 10.3 Å². The summed E-state index contributed by atoms with van der Waals surface area (Å²) in [7, 11) is 1.31. The SMILES string of the molecule is COc1cc(C(=O)NCCc2coc(-c3ccc(C)cc3)n2)ccc1OC(F)F. The zero-order valence-electron chi connectivity index (χ0n) is 15.9. The molecule has 29 heavy (non-hydrogen) atoms. The summed E-state index contributed by atoms with van der Waals surface area (Å²) >= 11 is 0. The number of oxazole rings is 1. The first-order valence-corrected chi connectivity index (χ1v) is 8.88. The molecule has 0 radical (unpaired) electrons. The van der Waals surface area contributed by atoms with Crippen molar-refractivity contribution >= 4 is 5.91 Å². The van der Waals surface area contributed by atoms with Crippen molar-refractivity contribution < 1.29 is 27.5 Å². The third-order valence-corrected chi connectivity index (χ3v) is 4.16. The fourth-order valence-corrected chi connectivity index (χ4v) is 2.66. The highest BCUT2D eigenvalue weighted by Crippen LogP contribution is 2.29. The number of halogens is 2. The van der Waals surface area contributed by atoms with Crippen molar-refractivity contribution in [2.75, 3.05) is 13.7 Å². The molecule has 3 aromatic rings. The maximum absolute atomic E-state index is 12.4. The van der Waals surface area contributed by atoms with Crippen LogP contribution in [-0.4, -0.2) is 31.2 Å². The fraction of sp³-hybridized carbons (Fsp3) is 0.238. The Balaban J connectivity index is 1.57. The Labute approximate surface area is 166 Å². The van der Waals surface area contributed by atoms with Crippen LogP contribution in [0.1, 0.15) is 21.6 Å². The average molecular weight is 402 g/mol. The summed E-state index contributed by atoms with van der Waals surface area (Å²) in [6.45, 7) is -0.644. The van der Waals surface area contributed by atoms with Crippen LogP contribution in [0.4, 0.5) is 8.78 Å². The number of nitrogens with zero attached hydrogens (tertiary/aromatic N) is 1. The molecular weight excluding hydrogens is 382 g/mol. The molecular formula is C21H20F2N2O4. The Kier molecular flexibility index (Phi) is 6.43. The first kappa shape index (κ1) is 20.3. The predicted octanol–water partition coefficient (Wildman–Crippen LogP) is 4.23. The smallest absolute Gasteiger partial charge is 0.387 e. The zero-order valence-corrected chi connectivity index (χ0v) is 15.9. The molecule has 0 saturated heterocycles. The highest BCUT2D eigenvalue weighted by atomic mass is 19.3. The van der Waals surface area contributed by atoms with Crippen molar-refractivity contribution in [1.29, 1.82) is 0 Å². The Morgan fingerprint density at radius 1 is 1.17 bits per heavy atom. The summed E-state index contributed by atoms with van der Waals surface area (Å²) in [5.41, 5.74) is 3.00. The topological polar surface area (TPSA) is 73.6 Å². The number of aromatic nitrogens is 1. The number of hydrogen-bond donors (Lipinski definition) is 1. The van der Waals surface area contributed by atoms with E-state index in [0.717, 1.165) is 11.1 Å². The van der Waals surface area contributed by atoms with E-state index in [1.807, 2.05) is 31.2 Å². The lowest BCUT2D eigenvalue weighted by Gasteiger charge is -2.11. The van der Waals surface area contributed by atoms with Gasteiger partial charge in [0.25, 0.3) is 5.91 Å². The molecule has 0 aliphatic carbocycles. The molecule has 0 atom stereocenters. The molecule has 8 heteroatoms. The minimum Gasteiger partial charge on any atom is -0.493 e. The summed E-state index contributed by atoms with van der Waals surface area (Å²) in [5, 5.41) is 2.75. The first-order chi connectivity index (χ1) is 14.0. The van der Waals surface area contributed by atoms with Crippen molar-refractivity contribution in [3.8, 4) is 23.0 Å². The Hall–Kier alpha value is -3.42. The van der Waals surface area contributed by atoms with E-state index in [2.05, 4.69) is 15.0 Å². The molecule has 0 unspecified atom stereocenters. The average Bonchev–Trinajstić information content (AvgIpc) is 3.17. The number of carbonyl (C=O) groups excluding carboxylic acids is 1. The number of carbonyl (C=O) groups is 1. The number of nitrogens with one attached hydrogen (secondary N) is 1. The number of alkyl halides is 2. The van der Waals surface area contributed by atoms with Gasteiger partial charge in [-0.15, -0.1) is 0 Å². The summed E-state index contributed by atoms with van der Waals surface area (Å²) in [4.78, 5) is 16.7. The van der Waals surface area contributed by atoms with Gasteiger partial charge >= 0.3 is 6.61 Å². The Bertz CT molecular complexity index is 971. The maximum Gasteiger partial charge on any atom is 0.387 e. The van der Waals surface area contributed by atoms with Crippen LogP contribution >= 0.6 is 0 Å². The molecule has 2 aromatic carbocycles. The normalized spacial score (nSPS) is 10.8. The van der Waals surface area contributed by atoms with Crippen LogP contribution in [0, 0.1) is 6.92 Å². The van der Waals surface area contributed by atoms with Crippen LogP contribution in [0.2, 0.25) is 0 Å². The number of ether oxygens (including phenoxy) is 2. The zero-order chi connectivity index (χ0) is 20.8. The molecule has 1 amide bonds. The highest BCUT2D eigenvalue weighted by Gasteiger charge is 2.14. The third-order valence-electron chi connectivity index (χ3n) is 4.16. The lowest BCUT2D eigenvalue weighted by Crippen LogP contribution is -2.25. The van der Waals surface area contributed by atoms with E-state index in [-0.39, 0.29) is 23.0 Å². The van der Waals surface area contributed by atoms with Crippen molar-refractivity contribution in [3.63, 3.8) is 0 Å². The van der Waals surface area contributed by atoms with Gasteiger partial charge in [-0.1, -0.05) is 17.7 Å².